The molecule has 0 bridgehead atoms. The summed E-state index contributed by atoms with van der Waals surface area (Å²) in [5, 5.41) is 13.6. The van der Waals surface area contributed by atoms with Crippen LogP contribution in [0.5, 0.6) is 0 Å². The van der Waals surface area contributed by atoms with Gasteiger partial charge in [0.15, 0.2) is 5.78 Å². The van der Waals surface area contributed by atoms with Crippen molar-refractivity contribution in [2.24, 2.45) is 10.8 Å². The van der Waals surface area contributed by atoms with Crippen LogP contribution in [0, 0.1) is 16.9 Å². The van der Waals surface area contributed by atoms with Crippen LogP contribution in [0.4, 0.5) is 0 Å². The van der Waals surface area contributed by atoms with Crippen molar-refractivity contribution in [3.05, 3.63) is 95.8 Å². The number of aliphatic hydroxyl groups is 1. The van der Waals surface area contributed by atoms with E-state index in [1.807, 2.05) is 66.1 Å². The molecule has 2 aromatic carbocycles. The molecule has 0 fully saturated rings. The molecule has 5 nitrogen and oxygen atoms in total. The van der Waals surface area contributed by atoms with E-state index in [2.05, 4.69) is 68.2 Å². The Morgan fingerprint density at radius 3 is 2.20 bits per heavy atom. The van der Waals surface area contributed by atoms with Gasteiger partial charge in [-0.05, 0) is 49.7 Å². The van der Waals surface area contributed by atoms with Gasteiger partial charge in [0.25, 0.3) is 0 Å². The van der Waals surface area contributed by atoms with Crippen LogP contribution in [-0.2, 0) is 43.2 Å². The Kier molecular flexibility index (Phi) is 11.8. The van der Waals surface area contributed by atoms with Gasteiger partial charge in [0.05, 0.1) is 0 Å². The zero-order valence-corrected chi connectivity index (χ0v) is 33.0. The number of benzene rings is 2. The topological polar surface area (TPSA) is 76.2 Å². The summed E-state index contributed by atoms with van der Waals surface area (Å²) >= 11 is 0. The molecule has 1 N–H and O–H groups in total. The quantitative estimate of drug-likeness (QED) is 0.0957. The normalized spacial score (nSPS) is 13.3. The number of hydrogen-bond acceptors (Lipinski definition) is 5. The second kappa shape index (κ2) is 15.1. The van der Waals surface area contributed by atoms with Crippen LogP contribution < -0.4 is 0 Å². The summed E-state index contributed by atoms with van der Waals surface area (Å²) in [5.41, 5.74) is 6.95. The molecule has 5 aromatic rings. The minimum atomic E-state index is -0.337. The number of hydrogen-bond donors (Lipinski definition) is 1. The molecule has 0 saturated heterocycles. The molecule has 1 aliphatic carbocycles. The zero-order chi connectivity index (χ0) is 34.9. The van der Waals surface area contributed by atoms with Crippen LogP contribution in [-0.4, -0.2) is 20.9 Å². The first-order valence-electron chi connectivity index (χ1n) is 17.6. The molecule has 49 heavy (non-hydrogen) atoms. The minimum absolute atomic E-state index is 0. The first-order chi connectivity index (χ1) is 22.8. The van der Waals surface area contributed by atoms with Crippen LogP contribution in [0.25, 0.3) is 44.1 Å². The van der Waals surface area contributed by atoms with E-state index >= 15 is 0 Å². The van der Waals surface area contributed by atoms with Crippen molar-refractivity contribution in [2.75, 3.05) is 0 Å². The summed E-state index contributed by atoms with van der Waals surface area (Å²) in [6.45, 7) is 18.9. The summed E-state index contributed by atoms with van der Waals surface area (Å²) < 4.78 is 6.31. The van der Waals surface area contributed by atoms with Gasteiger partial charge in [-0.1, -0.05) is 97.5 Å². The van der Waals surface area contributed by atoms with Gasteiger partial charge in [-0.25, -0.2) is 0 Å². The molecule has 3 heterocycles. The number of carbonyl (C=O) groups is 1. The number of nitrogens with zero attached hydrogens (tertiary/aromatic N) is 2. The number of rotatable bonds is 8. The van der Waals surface area contributed by atoms with E-state index in [1.165, 1.54) is 17.0 Å². The second-order valence-corrected chi connectivity index (χ2v) is 14.8. The van der Waals surface area contributed by atoms with Crippen LogP contribution in [0.1, 0.15) is 105 Å². The maximum Gasteiger partial charge on any atom is 0.164 e. The number of aliphatic hydroxyl groups excluding tert-OH is 1. The third-order valence-corrected chi connectivity index (χ3v) is 10.9. The number of aryl methyl sites for hydroxylation is 2. The minimum Gasteiger partial charge on any atom is -0.512 e. The van der Waals surface area contributed by atoms with Crippen LogP contribution >= 0.6 is 0 Å². The smallest absolute Gasteiger partial charge is 0.164 e. The van der Waals surface area contributed by atoms with E-state index < -0.39 is 0 Å². The number of allylic oxidation sites excluding steroid dienone is 2. The number of furan rings is 1. The molecule has 6 heteroatoms. The molecular weight excluding hydrogens is 785 g/mol. The number of aromatic nitrogens is 2. The maximum atomic E-state index is 12.2. The largest absolute Gasteiger partial charge is 0.512 e. The molecular formula is C43H51IrN2O3-. The fourth-order valence-electron chi connectivity index (χ4n) is 6.52. The Morgan fingerprint density at radius 1 is 0.878 bits per heavy atom. The summed E-state index contributed by atoms with van der Waals surface area (Å²) in [4.78, 5) is 21.7. The van der Waals surface area contributed by atoms with E-state index in [4.69, 9.17) is 9.40 Å². The molecule has 1 radical (unpaired) electrons. The monoisotopic (exact) mass is 836 g/mol. The molecule has 261 valence electrons. The van der Waals surface area contributed by atoms with Crippen molar-refractivity contribution in [1.29, 1.82) is 0 Å². The standard InChI is InChI=1S/C28H23N2O.C15H28O2.Ir/c1-28(2,3)21-16-18(15-17-7-4-5-8-19(17)21)27-26-24(12-14-30-27)31-23-11-10-22-20(25(23)26)9-6-13-29-22;1-7-14(5,8-2)12(16)11-13(17)15(6,9-3)10-4;/h4-9,12-14,16H,10-11H2,1-3H3;11,16H,7-10H2,1-6H3;/q-1;;/b;12-11-;. The Hall–Kier alpha value is -3.60. The van der Waals surface area contributed by atoms with Gasteiger partial charge < -0.3 is 9.52 Å². The van der Waals surface area contributed by atoms with Crippen LogP contribution in [0.3, 0.4) is 0 Å². The Balaban J connectivity index is 0.000000260. The molecule has 0 saturated carbocycles. The van der Waals surface area contributed by atoms with Crippen LogP contribution in [0.15, 0.2) is 77.2 Å². The molecule has 3 aromatic heterocycles. The fourth-order valence-corrected chi connectivity index (χ4v) is 6.52. The van der Waals surface area contributed by atoms with Crippen molar-refractivity contribution in [1.82, 2.24) is 9.97 Å². The SMILES string of the molecule is CC(C)(C)c1cc(-c2nccc3oc4c(c23)-c2cccnc2CC4)[c-]c2ccccc12.CCC(C)(CC)C(=O)/C=C(\O)C(C)(CC)CC.[Ir]. The average Bonchev–Trinajstić information content (AvgIpc) is 3.49. The Bertz CT molecular complexity index is 1970. The van der Waals surface area contributed by atoms with Crippen molar-refractivity contribution < 1.29 is 34.4 Å². The molecule has 1 aliphatic rings. The Labute approximate surface area is 306 Å². The summed E-state index contributed by atoms with van der Waals surface area (Å²) in [7, 11) is 0. The van der Waals surface area contributed by atoms with E-state index in [9.17, 15) is 9.90 Å². The maximum absolute atomic E-state index is 12.2. The van der Waals surface area contributed by atoms with Gasteiger partial charge >= 0.3 is 0 Å². The number of carbonyl (C=O) groups excluding carboxylic acids is 1. The number of fused-ring (bicyclic) bond motifs is 6. The third-order valence-electron chi connectivity index (χ3n) is 10.9. The van der Waals surface area contributed by atoms with Gasteiger partial charge in [0.1, 0.15) is 17.1 Å². The fraction of sp³-hybridized carbons (Fsp3) is 0.419. The zero-order valence-electron chi connectivity index (χ0n) is 30.6. The summed E-state index contributed by atoms with van der Waals surface area (Å²) in [5.74, 6) is 1.32. The van der Waals surface area contributed by atoms with Crippen molar-refractivity contribution in [3.63, 3.8) is 0 Å². The van der Waals surface area contributed by atoms with Crippen molar-refractivity contribution in [2.45, 2.75) is 106 Å². The summed E-state index contributed by atoms with van der Waals surface area (Å²) in [6.07, 6.45) is 10.2. The number of pyridine rings is 2. The van der Waals surface area contributed by atoms with Gasteiger partial charge in [-0.3, -0.25) is 14.8 Å². The van der Waals surface area contributed by atoms with Crippen molar-refractivity contribution in [3.8, 4) is 22.4 Å². The molecule has 0 unspecified atom stereocenters. The Morgan fingerprint density at radius 2 is 1.55 bits per heavy atom. The molecule has 0 spiro atoms. The second-order valence-electron chi connectivity index (χ2n) is 14.8. The first-order valence-corrected chi connectivity index (χ1v) is 17.6. The van der Waals surface area contributed by atoms with Gasteiger partial charge in [-0.2, -0.15) is 0 Å². The predicted octanol–water partition coefficient (Wildman–Crippen LogP) is 11.6. The van der Waals surface area contributed by atoms with E-state index in [0.29, 0.717) is 0 Å². The van der Waals surface area contributed by atoms with Crippen molar-refractivity contribution >= 4 is 27.5 Å². The van der Waals surface area contributed by atoms with Gasteiger partial charge in [-0.15, -0.1) is 29.1 Å². The van der Waals surface area contributed by atoms with E-state index in [0.717, 1.165) is 88.7 Å². The molecule has 0 aliphatic heterocycles. The third kappa shape index (κ3) is 7.47. The van der Waals surface area contributed by atoms with E-state index in [1.54, 1.807) is 0 Å². The molecule has 0 atom stereocenters. The van der Waals surface area contributed by atoms with Crippen LogP contribution in [0.2, 0.25) is 0 Å². The number of ketones is 1. The molecule has 0 amide bonds. The first kappa shape index (κ1) is 38.2. The van der Waals surface area contributed by atoms with Gasteiger partial charge in [0, 0.05) is 83.7 Å². The summed E-state index contributed by atoms with van der Waals surface area (Å²) in [6, 6.07) is 20.5. The predicted molar refractivity (Wildman–Crippen MR) is 198 cm³/mol. The molecule has 6 rings (SSSR count). The van der Waals surface area contributed by atoms with E-state index in [-0.39, 0.29) is 47.9 Å². The van der Waals surface area contributed by atoms with Gasteiger partial charge in [0.2, 0.25) is 0 Å². The average molecular weight is 836 g/mol.